The number of anilines is 1. The number of nitrogens with zero attached hydrogens (tertiary/aromatic N) is 3. The van der Waals surface area contributed by atoms with Crippen molar-refractivity contribution in [3.63, 3.8) is 0 Å². The van der Waals surface area contributed by atoms with Crippen LogP contribution in [0.4, 0.5) is 5.69 Å². The number of esters is 1. The third-order valence-electron chi connectivity index (χ3n) is 8.64. The first kappa shape index (κ1) is 26.1. The molecule has 4 heterocycles. The molecule has 42 heavy (non-hydrogen) atoms. The summed E-state index contributed by atoms with van der Waals surface area (Å²) in [5, 5.41) is 6.28. The van der Waals surface area contributed by atoms with Crippen molar-refractivity contribution in [3.8, 4) is 17.0 Å². The highest BCUT2D eigenvalue weighted by Crippen LogP contribution is 2.56. The highest BCUT2D eigenvalue weighted by atomic mass is 35.5. The van der Waals surface area contributed by atoms with E-state index in [9.17, 15) is 4.79 Å². The minimum atomic E-state index is -0.410. The van der Waals surface area contributed by atoms with E-state index in [0.717, 1.165) is 58.5 Å². The van der Waals surface area contributed by atoms with Crippen molar-refractivity contribution >= 4 is 56.5 Å². The quantitative estimate of drug-likeness (QED) is 0.169. The number of carbonyl (C=O) groups is 1. The van der Waals surface area contributed by atoms with Crippen molar-refractivity contribution < 1.29 is 18.8 Å². The molecule has 3 aromatic carbocycles. The summed E-state index contributed by atoms with van der Waals surface area (Å²) in [6.07, 6.45) is 4.32. The van der Waals surface area contributed by atoms with E-state index in [4.69, 9.17) is 37.2 Å². The number of halogens is 2. The number of methoxy groups -OCH3 is 1. The molecule has 0 amide bonds. The van der Waals surface area contributed by atoms with Crippen molar-refractivity contribution in [1.82, 2.24) is 9.53 Å². The number of carbonyl (C=O) groups excluding carboxylic acids is 1. The maximum atomic E-state index is 12.1. The van der Waals surface area contributed by atoms with Gasteiger partial charge >= 0.3 is 5.97 Å². The second-order valence-electron chi connectivity index (χ2n) is 11.0. The Morgan fingerprint density at radius 2 is 1.81 bits per heavy atom. The van der Waals surface area contributed by atoms with Gasteiger partial charge in [-0.15, -0.1) is 0 Å². The Morgan fingerprint density at radius 1 is 1.02 bits per heavy atom. The molecule has 2 aromatic heterocycles. The van der Waals surface area contributed by atoms with Crippen molar-refractivity contribution in [2.45, 2.75) is 50.3 Å². The van der Waals surface area contributed by atoms with E-state index in [2.05, 4.69) is 44.8 Å². The summed E-state index contributed by atoms with van der Waals surface area (Å²) in [4.78, 5) is 14.6. The summed E-state index contributed by atoms with van der Waals surface area (Å²) >= 11 is 14.4. The summed E-state index contributed by atoms with van der Waals surface area (Å²) in [6.45, 7) is 0.313. The van der Waals surface area contributed by atoms with Gasteiger partial charge in [0.1, 0.15) is 23.8 Å². The highest BCUT2D eigenvalue weighted by molar-refractivity contribution is 7.13. The third kappa shape index (κ3) is 4.11. The molecule has 8 rings (SSSR count). The average molecular weight is 619 g/mol. The van der Waals surface area contributed by atoms with Crippen molar-refractivity contribution in [2.75, 3.05) is 12.0 Å². The Morgan fingerprint density at radius 3 is 2.57 bits per heavy atom. The molecule has 2 aliphatic heterocycles. The molecule has 0 spiro atoms. The summed E-state index contributed by atoms with van der Waals surface area (Å²) in [5.41, 5.74) is 6.36. The van der Waals surface area contributed by atoms with Gasteiger partial charge in [0.15, 0.2) is 5.69 Å². The number of hydrogen-bond acceptors (Lipinski definition) is 8. The zero-order valence-corrected chi connectivity index (χ0v) is 24.9. The van der Waals surface area contributed by atoms with Gasteiger partial charge in [0.05, 0.1) is 39.5 Å². The highest BCUT2D eigenvalue weighted by Gasteiger charge is 2.44. The van der Waals surface area contributed by atoms with Crippen LogP contribution in [0, 0.1) is 0 Å². The van der Waals surface area contributed by atoms with Crippen molar-refractivity contribution in [3.05, 3.63) is 92.8 Å². The van der Waals surface area contributed by atoms with Crippen LogP contribution in [0.15, 0.2) is 59.1 Å². The maximum Gasteiger partial charge on any atom is 0.358 e. The molecule has 2 unspecified atom stereocenters. The number of aromatic nitrogens is 2. The molecule has 0 N–H and O–H groups in total. The van der Waals surface area contributed by atoms with E-state index < -0.39 is 5.97 Å². The fourth-order valence-corrected chi connectivity index (χ4v) is 7.93. The van der Waals surface area contributed by atoms with Crippen LogP contribution in [-0.2, 0) is 11.3 Å². The molecule has 1 aliphatic carbocycles. The largest absolute Gasteiger partial charge is 0.489 e. The van der Waals surface area contributed by atoms with Crippen LogP contribution >= 0.6 is 34.7 Å². The lowest BCUT2D eigenvalue weighted by atomic mass is 9.92. The Kier molecular flexibility index (Phi) is 6.21. The first-order valence-corrected chi connectivity index (χ1v) is 15.5. The summed E-state index contributed by atoms with van der Waals surface area (Å²) < 4.78 is 22.5. The fourth-order valence-electron chi connectivity index (χ4n) is 6.55. The Bertz CT molecular complexity index is 1860. The van der Waals surface area contributed by atoms with Gasteiger partial charge in [-0.25, -0.2) is 4.79 Å². The molecular formula is C32H25Cl2N3O4S. The number of rotatable bonds is 7. The molecule has 10 heteroatoms. The standard InChI is InChI=1S/C32H25Cl2N3O4S/c1-39-32(38)30-20-9-7-17(13-27(20)42-36-30)37-25-11-12-26(37)21-14-18(8-10-19(21)25)40-15-22-29(35-41-31(22)16-5-6-16)28-23(33)3-2-4-24(28)34/h2-4,7-10,13-14,16,25-26H,5-6,11-12,15H2,1H3. The van der Waals surface area contributed by atoms with Crippen LogP contribution < -0.4 is 9.64 Å². The molecule has 3 aliphatic rings. The predicted octanol–water partition coefficient (Wildman–Crippen LogP) is 8.90. The third-order valence-corrected chi connectivity index (χ3v) is 10.1. The van der Waals surface area contributed by atoms with E-state index in [1.165, 1.54) is 29.8 Å². The lowest BCUT2D eigenvalue weighted by Gasteiger charge is -2.25. The van der Waals surface area contributed by atoms with Gasteiger partial charge in [0, 0.05) is 22.6 Å². The second-order valence-corrected chi connectivity index (χ2v) is 12.7. The van der Waals surface area contributed by atoms with E-state index in [1.807, 2.05) is 24.3 Å². The van der Waals surface area contributed by atoms with E-state index in [1.54, 1.807) is 0 Å². The van der Waals surface area contributed by atoms with Crippen LogP contribution in [0.1, 0.15) is 76.6 Å². The number of hydrogen-bond donors (Lipinski definition) is 0. The zero-order valence-electron chi connectivity index (χ0n) is 22.6. The monoisotopic (exact) mass is 617 g/mol. The molecule has 1 saturated carbocycles. The summed E-state index contributed by atoms with van der Waals surface area (Å²) in [6, 6.07) is 18.6. The zero-order chi connectivity index (χ0) is 28.5. The van der Waals surface area contributed by atoms with Gasteiger partial charge < -0.3 is 18.9 Å². The molecule has 212 valence electrons. The lowest BCUT2D eigenvalue weighted by Crippen LogP contribution is -2.18. The van der Waals surface area contributed by atoms with Crippen LogP contribution in [0.3, 0.4) is 0 Å². The van der Waals surface area contributed by atoms with Gasteiger partial charge in [0.2, 0.25) is 0 Å². The van der Waals surface area contributed by atoms with Crippen molar-refractivity contribution in [1.29, 1.82) is 0 Å². The molecule has 7 nitrogen and oxygen atoms in total. The maximum absolute atomic E-state index is 12.1. The normalized spacial score (nSPS) is 19.0. The summed E-state index contributed by atoms with van der Waals surface area (Å²) in [7, 11) is 1.38. The van der Waals surface area contributed by atoms with E-state index in [-0.39, 0.29) is 6.04 Å². The molecule has 5 aromatic rings. The Balaban J connectivity index is 1.07. The van der Waals surface area contributed by atoms with Crippen LogP contribution in [0.2, 0.25) is 10.0 Å². The minimum Gasteiger partial charge on any atom is -0.489 e. The fraction of sp³-hybridized carbons (Fsp3) is 0.281. The molecule has 1 saturated heterocycles. The number of fused-ring (bicyclic) bond motifs is 6. The predicted molar refractivity (Wildman–Crippen MR) is 163 cm³/mol. The molecule has 2 fully saturated rings. The molecule has 2 bridgehead atoms. The minimum absolute atomic E-state index is 0.258. The van der Waals surface area contributed by atoms with E-state index in [0.29, 0.717) is 45.6 Å². The van der Waals surface area contributed by atoms with Gasteiger partial charge in [-0.05, 0) is 90.8 Å². The average Bonchev–Trinajstić information content (AvgIpc) is 3.32. The van der Waals surface area contributed by atoms with E-state index >= 15 is 0 Å². The number of ether oxygens (including phenoxy) is 2. The van der Waals surface area contributed by atoms with Crippen LogP contribution in [-0.4, -0.2) is 22.6 Å². The van der Waals surface area contributed by atoms with Crippen LogP contribution in [0.5, 0.6) is 5.75 Å². The van der Waals surface area contributed by atoms with Gasteiger partial charge in [-0.1, -0.05) is 40.5 Å². The smallest absolute Gasteiger partial charge is 0.358 e. The van der Waals surface area contributed by atoms with Gasteiger partial charge in [-0.2, -0.15) is 4.37 Å². The van der Waals surface area contributed by atoms with Gasteiger partial charge in [-0.3, -0.25) is 0 Å². The second kappa shape index (κ2) is 10.0. The molecular weight excluding hydrogens is 593 g/mol. The topological polar surface area (TPSA) is 77.7 Å². The van der Waals surface area contributed by atoms with Gasteiger partial charge in [0.25, 0.3) is 0 Å². The van der Waals surface area contributed by atoms with Crippen LogP contribution in [0.25, 0.3) is 21.3 Å². The molecule has 0 radical (unpaired) electrons. The Labute approximate surface area is 256 Å². The Hall–Kier alpha value is -3.59. The first-order chi connectivity index (χ1) is 20.5. The first-order valence-electron chi connectivity index (χ1n) is 14.0. The molecule has 2 atom stereocenters. The number of benzene rings is 3. The van der Waals surface area contributed by atoms with Crippen molar-refractivity contribution in [2.24, 2.45) is 0 Å². The lowest BCUT2D eigenvalue weighted by molar-refractivity contribution is 0.0598. The SMILES string of the molecule is COC(=O)c1nsc2cc(N3C4CCC3c3cc(OCc5c(-c6c(Cl)cccc6Cl)noc5C5CC5)ccc34)ccc12. The summed E-state index contributed by atoms with van der Waals surface area (Å²) in [5.74, 6) is 1.62.